The van der Waals surface area contributed by atoms with Gasteiger partial charge < -0.3 is 10.8 Å². The van der Waals surface area contributed by atoms with Gasteiger partial charge in [0.15, 0.2) is 0 Å². The zero-order valence-electron chi connectivity index (χ0n) is 10.8. The predicted octanol–water partition coefficient (Wildman–Crippen LogP) is 2.93. The Balaban J connectivity index is 2.67. The highest BCUT2D eigenvalue weighted by atomic mass is 19.1. The Morgan fingerprint density at radius 3 is 2.47 bits per heavy atom. The van der Waals surface area contributed by atoms with Gasteiger partial charge in [-0.15, -0.1) is 0 Å². The van der Waals surface area contributed by atoms with E-state index in [-0.39, 0.29) is 5.82 Å². The summed E-state index contributed by atoms with van der Waals surface area (Å²) in [5, 5.41) is 9.96. The van der Waals surface area contributed by atoms with Crippen molar-refractivity contribution in [1.29, 1.82) is 0 Å². The van der Waals surface area contributed by atoms with Crippen molar-refractivity contribution in [2.45, 2.75) is 45.8 Å². The monoisotopic (exact) mass is 239 g/mol. The molecule has 3 N–H and O–H groups in total. The molecule has 1 rings (SSSR count). The molecule has 0 heterocycles. The quantitative estimate of drug-likeness (QED) is 0.830. The van der Waals surface area contributed by atoms with E-state index in [1.807, 2.05) is 0 Å². The number of benzene rings is 1. The molecule has 0 bridgehead atoms. The van der Waals surface area contributed by atoms with Crippen LogP contribution in [-0.4, -0.2) is 11.2 Å². The van der Waals surface area contributed by atoms with Crippen LogP contribution in [0.2, 0.25) is 0 Å². The summed E-state index contributed by atoms with van der Waals surface area (Å²) in [4.78, 5) is 0. The zero-order valence-corrected chi connectivity index (χ0v) is 10.8. The van der Waals surface area contributed by atoms with Gasteiger partial charge in [-0.25, -0.2) is 4.39 Å². The Hall–Kier alpha value is -0.930. The highest BCUT2D eigenvalue weighted by Gasteiger charge is 2.17. The predicted molar refractivity (Wildman–Crippen MR) is 68.1 cm³/mol. The first-order chi connectivity index (χ1) is 7.91. The highest BCUT2D eigenvalue weighted by Crippen LogP contribution is 2.21. The van der Waals surface area contributed by atoms with Crippen molar-refractivity contribution >= 4 is 0 Å². The third-order valence-corrected chi connectivity index (χ3v) is 3.02. The number of aliphatic hydroxyl groups excluding tert-OH is 1. The lowest BCUT2D eigenvalue weighted by molar-refractivity contribution is 0.128. The van der Waals surface area contributed by atoms with Crippen LogP contribution in [0.3, 0.4) is 0 Å². The van der Waals surface area contributed by atoms with Crippen molar-refractivity contribution in [2.75, 3.05) is 0 Å². The average Bonchev–Trinajstić information content (AvgIpc) is 2.28. The van der Waals surface area contributed by atoms with Crippen LogP contribution in [-0.2, 0) is 0 Å². The average molecular weight is 239 g/mol. The van der Waals surface area contributed by atoms with Gasteiger partial charge in [0, 0.05) is 0 Å². The third-order valence-electron chi connectivity index (χ3n) is 3.02. The summed E-state index contributed by atoms with van der Waals surface area (Å²) >= 11 is 0. The van der Waals surface area contributed by atoms with Gasteiger partial charge >= 0.3 is 0 Å². The number of hydrogen-bond donors (Lipinski definition) is 2. The zero-order chi connectivity index (χ0) is 13.0. The van der Waals surface area contributed by atoms with Crippen molar-refractivity contribution in [3.63, 3.8) is 0 Å². The molecular weight excluding hydrogens is 217 g/mol. The van der Waals surface area contributed by atoms with E-state index in [0.717, 1.165) is 12.0 Å². The van der Waals surface area contributed by atoms with E-state index in [9.17, 15) is 9.50 Å². The molecule has 0 spiro atoms. The maximum atomic E-state index is 13.1. The summed E-state index contributed by atoms with van der Waals surface area (Å²) in [7, 11) is 0. The highest BCUT2D eigenvalue weighted by molar-refractivity contribution is 5.26. The molecule has 0 amide bonds. The lowest BCUT2D eigenvalue weighted by Crippen LogP contribution is -2.26. The van der Waals surface area contributed by atoms with E-state index in [1.54, 1.807) is 19.1 Å². The van der Waals surface area contributed by atoms with Crippen LogP contribution >= 0.6 is 0 Å². The maximum Gasteiger partial charge on any atom is 0.126 e. The molecule has 0 fully saturated rings. The third kappa shape index (κ3) is 4.10. The number of nitrogens with two attached hydrogens (primary N) is 1. The van der Waals surface area contributed by atoms with Gasteiger partial charge in [-0.1, -0.05) is 26.0 Å². The summed E-state index contributed by atoms with van der Waals surface area (Å²) in [5.41, 5.74) is 7.33. The first-order valence-electron chi connectivity index (χ1n) is 6.11. The molecule has 0 aliphatic heterocycles. The lowest BCUT2D eigenvalue weighted by atomic mass is 9.95. The van der Waals surface area contributed by atoms with E-state index < -0.39 is 12.1 Å². The molecule has 2 nitrogen and oxygen atoms in total. The fraction of sp³-hybridized carbons (Fsp3) is 0.571. The second-order valence-electron chi connectivity index (χ2n) is 5.07. The van der Waals surface area contributed by atoms with Crippen LogP contribution < -0.4 is 5.73 Å². The van der Waals surface area contributed by atoms with Crippen molar-refractivity contribution in [3.05, 3.63) is 35.1 Å². The van der Waals surface area contributed by atoms with Gasteiger partial charge in [0.25, 0.3) is 0 Å². The molecule has 2 atom stereocenters. The first-order valence-corrected chi connectivity index (χ1v) is 6.11. The van der Waals surface area contributed by atoms with Crippen molar-refractivity contribution in [2.24, 2.45) is 11.7 Å². The van der Waals surface area contributed by atoms with Crippen LogP contribution in [0.4, 0.5) is 4.39 Å². The van der Waals surface area contributed by atoms with Crippen molar-refractivity contribution in [1.82, 2.24) is 0 Å². The van der Waals surface area contributed by atoms with E-state index >= 15 is 0 Å². The number of hydrogen-bond acceptors (Lipinski definition) is 2. The van der Waals surface area contributed by atoms with Gasteiger partial charge in [0.05, 0.1) is 12.1 Å². The topological polar surface area (TPSA) is 46.2 Å². The Labute approximate surface area is 103 Å². The van der Waals surface area contributed by atoms with Gasteiger partial charge in [0.2, 0.25) is 0 Å². The van der Waals surface area contributed by atoms with Crippen LogP contribution in [0.15, 0.2) is 18.2 Å². The van der Waals surface area contributed by atoms with Crippen molar-refractivity contribution in [3.8, 4) is 0 Å². The Morgan fingerprint density at radius 2 is 1.94 bits per heavy atom. The summed E-state index contributed by atoms with van der Waals surface area (Å²) in [6, 6.07) is 4.32. The van der Waals surface area contributed by atoms with Crippen molar-refractivity contribution < 1.29 is 9.50 Å². The van der Waals surface area contributed by atoms with Crippen LogP contribution in [0.25, 0.3) is 0 Å². The summed E-state index contributed by atoms with van der Waals surface area (Å²) in [6.07, 6.45) is 1.05. The molecule has 1 aromatic carbocycles. The molecule has 0 radical (unpaired) electrons. The van der Waals surface area contributed by atoms with Gasteiger partial charge in [-0.05, 0) is 42.9 Å². The maximum absolute atomic E-state index is 13.1. The van der Waals surface area contributed by atoms with E-state index in [0.29, 0.717) is 17.9 Å². The lowest BCUT2D eigenvalue weighted by Gasteiger charge is -2.20. The second-order valence-corrected chi connectivity index (χ2v) is 5.07. The summed E-state index contributed by atoms with van der Waals surface area (Å²) in [6.45, 7) is 5.92. The normalized spacial score (nSPS) is 15.0. The number of aliphatic hydroxyl groups is 1. The largest absolute Gasteiger partial charge is 0.391 e. The minimum Gasteiger partial charge on any atom is -0.391 e. The Morgan fingerprint density at radius 1 is 1.29 bits per heavy atom. The smallest absolute Gasteiger partial charge is 0.126 e. The molecule has 0 aliphatic carbocycles. The fourth-order valence-electron chi connectivity index (χ4n) is 1.78. The Bertz CT molecular complexity index is 365. The number of aryl methyl sites for hydroxylation is 1. The molecule has 0 aromatic heterocycles. The Kier molecular flexibility index (Phi) is 5.09. The molecule has 96 valence electrons. The minimum absolute atomic E-state index is 0.238. The van der Waals surface area contributed by atoms with Crippen LogP contribution in [0.1, 0.15) is 43.9 Å². The minimum atomic E-state index is -0.567. The molecule has 0 saturated heterocycles. The number of rotatable bonds is 5. The molecule has 0 saturated carbocycles. The van der Waals surface area contributed by atoms with Crippen LogP contribution in [0.5, 0.6) is 0 Å². The van der Waals surface area contributed by atoms with Gasteiger partial charge in [0.1, 0.15) is 5.82 Å². The van der Waals surface area contributed by atoms with E-state index in [1.165, 1.54) is 6.07 Å². The standard InChI is InChI=1S/C14H22FNO/c1-9(2)4-7-13(17)14(16)11-5-6-12(15)10(3)8-11/h5-6,8-9,13-14,17H,4,7,16H2,1-3H3/t13-,14+/m0/s1. The molecule has 17 heavy (non-hydrogen) atoms. The first kappa shape index (κ1) is 14.1. The molecule has 3 heteroatoms. The summed E-state index contributed by atoms with van der Waals surface area (Å²) < 4.78 is 13.1. The van der Waals surface area contributed by atoms with Gasteiger partial charge in [-0.3, -0.25) is 0 Å². The van der Waals surface area contributed by atoms with Crippen LogP contribution in [0, 0.1) is 18.7 Å². The van der Waals surface area contributed by atoms with E-state index in [4.69, 9.17) is 5.73 Å². The second kappa shape index (κ2) is 6.12. The van der Waals surface area contributed by atoms with E-state index in [2.05, 4.69) is 13.8 Å². The summed E-state index contributed by atoms with van der Waals surface area (Å²) in [5.74, 6) is 0.310. The number of halogens is 1. The molecule has 1 aromatic rings. The molecular formula is C14H22FNO. The molecule has 0 aliphatic rings. The fourth-order valence-corrected chi connectivity index (χ4v) is 1.78. The molecule has 0 unspecified atom stereocenters. The SMILES string of the molecule is Cc1cc([C@@H](N)[C@@H](O)CCC(C)C)ccc1F. The van der Waals surface area contributed by atoms with Gasteiger partial charge in [-0.2, -0.15) is 0 Å².